The molecule has 0 atom stereocenters. The highest BCUT2D eigenvalue weighted by atomic mass is 35.5. The predicted molar refractivity (Wildman–Crippen MR) is 132 cm³/mol. The topological polar surface area (TPSA) is 71.3 Å². The molecule has 0 spiro atoms. The van der Waals surface area contributed by atoms with Gasteiger partial charge < -0.3 is 14.8 Å². The van der Waals surface area contributed by atoms with Crippen molar-refractivity contribution in [2.24, 2.45) is 0 Å². The summed E-state index contributed by atoms with van der Waals surface area (Å²) in [5.41, 5.74) is 1.87. The smallest absolute Gasteiger partial charge is 0.266 e. The summed E-state index contributed by atoms with van der Waals surface area (Å²) >= 11 is 18.2. The maximum absolute atomic E-state index is 12.5. The van der Waals surface area contributed by atoms with E-state index in [0.29, 0.717) is 44.4 Å². The van der Waals surface area contributed by atoms with Crippen LogP contribution in [0, 0.1) is 11.3 Å². The number of anilines is 1. The van der Waals surface area contributed by atoms with Crippen LogP contribution in [0.25, 0.3) is 6.08 Å². The number of nitrogens with one attached hydrogen (secondary N) is 1. The average Bonchev–Trinajstić information content (AvgIpc) is 2.79. The van der Waals surface area contributed by atoms with Crippen molar-refractivity contribution in [3.63, 3.8) is 0 Å². The molecule has 0 saturated carbocycles. The minimum absolute atomic E-state index is 0.0621. The van der Waals surface area contributed by atoms with Crippen molar-refractivity contribution in [1.29, 1.82) is 5.26 Å². The number of carbonyl (C=O) groups excluding carboxylic acids is 1. The van der Waals surface area contributed by atoms with Gasteiger partial charge in [-0.25, -0.2) is 0 Å². The first-order valence-electron chi connectivity index (χ1n) is 9.92. The second-order valence-electron chi connectivity index (χ2n) is 6.80. The minimum atomic E-state index is -0.538. The standard InChI is InChI=1S/C25H19Cl3N2O3/c1-2-32-24-10-3-16(12-23(24)28)11-18(14-29)25(31)30-20-6-8-21(9-7-20)33-15-17-4-5-19(26)13-22(17)27/h3-13H,2,15H2,1H3,(H,30,31)/b18-11+. The van der Waals surface area contributed by atoms with E-state index in [2.05, 4.69) is 5.32 Å². The van der Waals surface area contributed by atoms with Gasteiger partial charge in [0.2, 0.25) is 0 Å². The number of amides is 1. The molecule has 0 radical (unpaired) electrons. The molecule has 0 saturated heterocycles. The Bertz CT molecular complexity index is 1220. The molecule has 1 amide bonds. The fourth-order valence-corrected chi connectivity index (χ4v) is 3.53. The van der Waals surface area contributed by atoms with E-state index in [9.17, 15) is 10.1 Å². The molecule has 0 bridgehead atoms. The predicted octanol–water partition coefficient (Wildman–Crippen LogP) is 7.17. The third-order valence-electron chi connectivity index (χ3n) is 4.45. The molecule has 33 heavy (non-hydrogen) atoms. The first-order valence-corrected chi connectivity index (χ1v) is 11.0. The molecule has 0 aliphatic heterocycles. The third-order valence-corrected chi connectivity index (χ3v) is 5.34. The van der Waals surface area contributed by atoms with Gasteiger partial charge in [-0.05, 0) is 67.1 Å². The molecule has 168 valence electrons. The van der Waals surface area contributed by atoms with Crippen molar-refractivity contribution in [3.8, 4) is 17.6 Å². The Hall–Kier alpha value is -3.17. The largest absolute Gasteiger partial charge is 0.492 e. The minimum Gasteiger partial charge on any atom is -0.492 e. The fourth-order valence-electron chi connectivity index (χ4n) is 2.83. The number of hydrogen-bond acceptors (Lipinski definition) is 4. The molecule has 3 rings (SSSR count). The highest BCUT2D eigenvalue weighted by Gasteiger charge is 2.11. The van der Waals surface area contributed by atoms with Crippen molar-refractivity contribution in [1.82, 2.24) is 0 Å². The van der Waals surface area contributed by atoms with Gasteiger partial charge in [0.15, 0.2) is 0 Å². The number of benzene rings is 3. The zero-order chi connectivity index (χ0) is 23.8. The van der Waals surface area contributed by atoms with Crippen LogP contribution in [0.3, 0.4) is 0 Å². The molecule has 0 aliphatic rings. The van der Waals surface area contributed by atoms with Gasteiger partial charge in [-0.3, -0.25) is 4.79 Å². The second kappa shape index (κ2) is 11.6. The van der Waals surface area contributed by atoms with Gasteiger partial charge in [0.25, 0.3) is 5.91 Å². The Balaban J connectivity index is 1.63. The van der Waals surface area contributed by atoms with Crippen molar-refractivity contribution in [2.45, 2.75) is 13.5 Å². The van der Waals surface area contributed by atoms with Crippen molar-refractivity contribution in [3.05, 3.63) is 92.4 Å². The summed E-state index contributed by atoms with van der Waals surface area (Å²) in [6.07, 6.45) is 1.46. The summed E-state index contributed by atoms with van der Waals surface area (Å²) in [6, 6.07) is 18.9. The van der Waals surface area contributed by atoms with E-state index in [-0.39, 0.29) is 12.2 Å². The third kappa shape index (κ3) is 6.90. The Morgan fingerprint density at radius 1 is 1.00 bits per heavy atom. The average molecular weight is 502 g/mol. The lowest BCUT2D eigenvalue weighted by atomic mass is 10.1. The summed E-state index contributed by atoms with van der Waals surface area (Å²) in [5, 5.41) is 13.6. The van der Waals surface area contributed by atoms with E-state index in [1.165, 1.54) is 6.08 Å². The van der Waals surface area contributed by atoms with Crippen LogP contribution >= 0.6 is 34.8 Å². The summed E-state index contributed by atoms with van der Waals surface area (Å²) in [7, 11) is 0. The maximum Gasteiger partial charge on any atom is 0.266 e. The Morgan fingerprint density at radius 3 is 2.39 bits per heavy atom. The number of hydrogen-bond donors (Lipinski definition) is 1. The molecule has 0 heterocycles. The monoisotopic (exact) mass is 500 g/mol. The van der Waals surface area contributed by atoms with Gasteiger partial charge in [-0.2, -0.15) is 5.26 Å². The Labute approximate surface area is 207 Å². The number of halogens is 3. The molecule has 0 unspecified atom stereocenters. The van der Waals surface area contributed by atoms with Crippen molar-refractivity contribution >= 4 is 52.5 Å². The van der Waals surface area contributed by atoms with Crippen molar-refractivity contribution in [2.75, 3.05) is 11.9 Å². The van der Waals surface area contributed by atoms with Crippen LogP contribution in [-0.2, 0) is 11.4 Å². The molecule has 0 aliphatic carbocycles. The highest BCUT2D eigenvalue weighted by molar-refractivity contribution is 6.35. The Kier molecular flexibility index (Phi) is 8.62. The van der Waals surface area contributed by atoms with Gasteiger partial charge in [-0.1, -0.05) is 46.9 Å². The normalized spacial score (nSPS) is 10.9. The molecule has 3 aromatic carbocycles. The molecule has 1 N–H and O–H groups in total. The van der Waals surface area contributed by atoms with Gasteiger partial charge in [0.1, 0.15) is 29.7 Å². The van der Waals surface area contributed by atoms with Crippen LogP contribution in [0.15, 0.2) is 66.2 Å². The van der Waals surface area contributed by atoms with Gasteiger partial charge in [0.05, 0.1) is 11.6 Å². The van der Waals surface area contributed by atoms with Gasteiger partial charge >= 0.3 is 0 Å². The van der Waals surface area contributed by atoms with Crippen LogP contribution in [0.5, 0.6) is 11.5 Å². The van der Waals surface area contributed by atoms with E-state index >= 15 is 0 Å². The van der Waals surface area contributed by atoms with E-state index in [1.54, 1.807) is 60.7 Å². The lowest BCUT2D eigenvalue weighted by Crippen LogP contribution is -2.13. The fraction of sp³-hybridized carbons (Fsp3) is 0.120. The number of ether oxygens (including phenoxy) is 2. The summed E-state index contributed by atoms with van der Waals surface area (Å²) in [4.78, 5) is 12.5. The van der Waals surface area contributed by atoms with Crippen LogP contribution in [-0.4, -0.2) is 12.5 Å². The van der Waals surface area contributed by atoms with Gasteiger partial charge in [0, 0.05) is 21.3 Å². The second-order valence-corrected chi connectivity index (χ2v) is 8.05. The first-order chi connectivity index (χ1) is 15.9. The lowest BCUT2D eigenvalue weighted by molar-refractivity contribution is -0.112. The molecule has 5 nitrogen and oxygen atoms in total. The van der Waals surface area contributed by atoms with Gasteiger partial charge in [-0.15, -0.1) is 0 Å². The molecule has 0 fully saturated rings. The number of nitrogens with zero attached hydrogens (tertiary/aromatic N) is 1. The zero-order valence-electron chi connectivity index (χ0n) is 17.6. The number of nitriles is 1. The zero-order valence-corrected chi connectivity index (χ0v) is 19.8. The van der Waals surface area contributed by atoms with E-state index < -0.39 is 5.91 Å². The lowest BCUT2D eigenvalue weighted by Gasteiger charge is -2.10. The van der Waals surface area contributed by atoms with Crippen LogP contribution in [0.4, 0.5) is 5.69 Å². The number of rotatable bonds is 8. The molecule has 0 aromatic heterocycles. The Morgan fingerprint density at radius 2 is 1.76 bits per heavy atom. The maximum atomic E-state index is 12.5. The van der Waals surface area contributed by atoms with Crippen molar-refractivity contribution < 1.29 is 14.3 Å². The van der Waals surface area contributed by atoms with Crippen LogP contribution in [0.2, 0.25) is 15.1 Å². The molecular weight excluding hydrogens is 483 g/mol. The SMILES string of the molecule is CCOc1ccc(/C=C(\C#N)C(=O)Nc2ccc(OCc3ccc(Cl)cc3Cl)cc2)cc1Cl. The summed E-state index contributed by atoms with van der Waals surface area (Å²) in [6.45, 7) is 2.61. The quantitative estimate of drug-likeness (QED) is 0.262. The molecule has 3 aromatic rings. The van der Waals surface area contributed by atoms with Crippen LogP contribution in [0.1, 0.15) is 18.1 Å². The summed E-state index contributed by atoms with van der Waals surface area (Å²) < 4.78 is 11.1. The number of carbonyl (C=O) groups is 1. The highest BCUT2D eigenvalue weighted by Crippen LogP contribution is 2.27. The summed E-state index contributed by atoms with van der Waals surface area (Å²) in [5.74, 6) is 0.600. The van der Waals surface area contributed by atoms with E-state index in [0.717, 1.165) is 5.56 Å². The first kappa shape index (κ1) is 24.5. The molecule has 8 heteroatoms. The molecular formula is C25H19Cl3N2O3. The van der Waals surface area contributed by atoms with Crippen LogP contribution < -0.4 is 14.8 Å². The van der Waals surface area contributed by atoms with E-state index in [4.69, 9.17) is 44.3 Å². The van der Waals surface area contributed by atoms with E-state index in [1.807, 2.05) is 13.0 Å².